The van der Waals surface area contributed by atoms with Crippen LogP contribution in [-0.2, 0) is 42.9 Å². The van der Waals surface area contributed by atoms with Crippen LogP contribution < -0.4 is 0 Å². The predicted octanol–water partition coefficient (Wildman–Crippen LogP) is 15.2. The van der Waals surface area contributed by atoms with E-state index in [1.807, 2.05) is 12.2 Å². The molecule has 3 N–H and O–H groups in total. The molecule has 1 aliphatic heterocycles. The van der Waals surface area contributed by atoms with Crippen LogP contribution in [0.4, 0.5) is 0 Å². The number of rotatable bonds is 48. The summed E-state index contributed by atoms with van der Waals surface area (Å²) in [7, 11) is 0. The Labute approximate surface area is 465 Å². The minimum absolute atomic E-state index is 0.130. The zero-order valence-corrected chi connectivity index (χ0v) is 47.7. The number of aliphatic hydroxyl groups is 2. The zero-order valence-electron chi connectivity index (χ0n) is 47.7. The van der Waals surface area contributed by atoms with E-state index in [1.54, 1.807) is 12.2 Å². The molecule has 77 heavy (non-hydrogen) atoms. The lowest BCUT2D eigenvalue weighted by atomic mass is 9.98. The molecular formula is C65H102O12. The molecule has 0 spiro atoms. The number of ether oxygens (including phenoxy) is 5. The van der Waals surface area contributed by atoms with Crippen molar-refractivity contribution in [3.05, 3.63) is 122 Å². The van der Waals surface area contributed by atoms with Crippen LogP contribution in [0.3, 0.4) is 0 Å². The number of carbonyl (C=O) groups is 4. The van der Waals surface area contributed by atoms with Crippen LogP contribution in [0.2, 0.25) is 0 Å². The fraction of sp³-hybridized carbons (Fsp3) is 0.631. The Kier molecular flexibility index (Phi) is 47.2. The van der Waals surface area contributed by atoms with Gasteiger partial charge in [0.05, 0.1) is 13.0 Å². The van der Waals surface area contributed by atoms with Gasteiger partial charge in [0.15, 0.2) is 24.6 Å². The minimum Gasteiger partial charge on any atom is -0.479 e. The number of unbranched alkanes of at least 4 members (excludes halogenated alkanes) is 15. The molecule has 0 aromatic rings. The first-order valence-electron chi connectivity index (χ1n) is 29.5. The van der Waals surface area contributed by atoms with Gasteiger partial charge in [-0.3, -0.25) is 14.4 Å². The van der Waals surface area contributed by atoms with Crippen LogP contribution in [0.25, 0.3) is 0 Å². The van der Waals surface area contributed by atoms with Crippen molar-refractivity contribution in [2.75, 3.05) is 13.2 Å². The smallest absolute Gasteiger partial charge is 0.335 e. The molecule has 1 rings (SSSR count). The van der Waals surface area contributed by atoms with Gasteiger partial charge in [0.2, 0.25) is 0 Å². The predicted molar refractivity (Wildman–Crippen MR) is 312 cm³/mol. The van der Waals surface area contributed by atoms with E-state index in [9.17, 15) is 34.5 Å². The Balaban J connectivity index is 2.77. The number of carbonyl (C=O) groups excluding carboxylic acids is 3. The summed E-state index contributed by atoms with van der Waals surface area (Å²) in [6.07, 6.45) is 59.1. The van der Waals surface area contributed by atoms with Crippen LogP contribution in [-0.4, -0.2) is 89.2 Å². The molecule has 0 amide bonds. The van der Waals surface area contributed by atoms with Crippen molar-refractivity contribution >= 4 is 23.9 Å². The molecule has 1 saturated heterocycles. The van der Waals surface area contributed by atoms with Gasteiger partial charge in [-0.15, -0.1) is 0 Å². The first-order valence-corrected chi connectivity index (χ1v) is 29.5. The molecule has 1 fully saturated rings. The van der Waals surface area contributed by atoms with Gasteiger partial charge in [-0.1, -0.05) is 206 Å². The fourth-order valence-electron chi connectivity index (χ4n) is 8.07. The molecule has 0 radical (unpaired) electrons. The Bertz CT molecular complexity index is 1800. The Morgan fingerprint density at radius 2 is 0.857 bits per heavy atom. The summed E-state index contributed by atoms with van der Waals surface area (Å²) in [4.78, 5) is 51.1. The van der Waals surface area contributed by atoms with Crippen LogP contribution in [0, 0.1) is 0 Å². The molecule has 1 aliphatic rings. The Morgan fingerprint density at radius 3 is 1.32 bits per heavy atom. The highest BCUT2D eigenvalue weighted by atomic mass is 16.7. The van der Waals surface area contributed by atoms with Crippen molar-refractivity contribution in [1.29, 1.82) is 0 Å². The van der Waals surface area contributed by atoms with Gasteiger partial charge >= 0.3 is 23.9 Å². The van der Waals surface area contributed by atoms with E-state index in [1.165, 1.54) is 38.5 Å². The van der Waals surface area contributed by atoms with Gasteiger partial charge in [0.25, 0.3) is 0 Å². The quantitative estimate of drug-likeness (QED) is 0.0228. The summed E-state index contributed by atoms with van der Waals surface area (Å²) >= 11 is 0. The maximum atomic E-state index is 13.1. The van der Waals surface area contributed by atoms with Gasteiger partial charge in [-0.2, -0.15) is 0 Å². The number of allylic oxidation sites excluding steroid dienone is 19. The normalized spacial score (nSPS) is 18.9. The van der Waals surface area contributed by atoms with Gasteiger partial charge in [0.1, 0.15) is 18.8 Å². The van der Waals surface area contributed by atoms with Crippen molar-refractivity contribution in [3.8, 4) is 0 Å². The molecule has 0 aliphatic carbocycles. The first-order chi connectivity index (χ1) is 37.6. The van der Waals surface area contributed by atoms with Crippen molar-refractivity contribution < 1.29 is 58.2 Å². The van der Waals surface area contributed by atoms with Crippen molar-refractivity contribution in [3.63, 3.8) is 0 Å². The van der Waals surface area contributed by atoms with E-state index in [4.69, 9.17) is 23.7 Å². The van der Waals surface area contributed by atoms with Crippen LogP contribution in [0.1, 0.15) is 213 Å². The molecule has 12 nitrogen and oxygen atoms in total. The highest BCUT2D eigenvalue weighted by Gasteiger charge is 2.50. The molecule has 6 unspecified atom stereocenters. The number of carboxylic acids is 1. The Hall–Kier alpha value is -4.88. The van der Waals surface area contributed by atoms with Crippen molar-refractivity contribution in [2.45, 2.75) is 250 Å². The van der Waals surface area contributed by atoms with E-state index in [0.717, 1.165) is 116 Å². The maximum Gasteiger partial charge on any atom is 0.335 e. The third kappa shape index (κ3) is 41.8. The summed E-state index contributed by atoms with van der Waals surface area (Å²) < 4.78 is 28.3. The molecule has 0 aromatic heterocycles. The average Bonchev–Trinajstić information content (AvgIpc) is 3.43. The van der Waals surface area contributed by atoms with Crippen LogP contribution in [0.15, 0.2) is 122 Å². The maximum absolute atomic E-state index is 13.1. The fourth-order valence-corrected chi connectivity index (χ4v) is 8.07. The third-order valence-corrected chi connectivity index (χ3v) is 12.5. The van der Waals surface area contributed by atoms with Gasteiger partial charge in [-0.05, 0) is 109 Å². The summed E-state index contributed by atoms with van der Waals surface area (Å²) in [5.74, 6) is -3.34. The van der Waals surface area contributed by atoms with Gasteiger partial charge in [0, 0.05) is 12.8 Å². The highest BCUT2D eigenvalue weighted by Crippen LogP contribution is 2.26. The van der Waals surface area contributed by atoms with Crippen molar-refractivity contribution in [2.24, 2.45) is 0 Å². The SMILES string of the molecule is CC/C=C\C/C=C\C/C=C\C/C=C\C/C=C\CC(=O)OC1C(OCC(COC(=O)CCCCCC/C=C\C/C=C\C/C=C\C/C=C\CC)OC(=O)CCCCCCC/C=C\CCCCCCCC)OC(C(=O)O)C(O)C1O. The summed E-state index contributed by atoms with van der Waals surface area (Å²) in [5, 5.41) is 31.4. The van der Waals surface area contributed by atoms with Crippen LogP contribution >= 0.6 is 0 Å². The summed E-state index contributed by atoms with van der Waals surface area (Å²) in [6.45, 7) is 5.68. The van der Waals surface area contributed by atoms with E-state index in [-0.39, 0.29) is 25.9 Å². The molecular weight excluding hydrogens is 973 g/mol. The van der Waals surface area contributed by atoms with Crippen molar-refractivity contribution in [1.82, 2.24) is 0 Å². The number of hydrogen-bond acceptors (Lipinski definition) is 11. The number of aliphatic hydroxyl groups excluding tert-OH is 2. The summed E-state index contributed by atoms with van der Waals surface area (Å²) in [6, 6.07) is 0. The third-order valence-electron chi connectivity index (χ3n) is 12.5. The lowest BCUT2D eigenvalue weighted by Gasteiger charge is -2.40. The second-order valence-electron chi connectivity index (χ2n) is 19.5. The molecule has 434 valence electrons. The molecule has 1 heterocycles. The Morgan fingerprint density at radius 1 is 0.455 bits per heavy atom. The van der Waals surface area contributed by atoms with E-state index >= 15 is 0 Å². The van der Waals surface area contributed by atoms with E-state index < -0.39 is 67.3 Å². The van der Waals surface area contributed by atoms with Gasteiger partial charge in [-0.25, -0.2) is 4.79 Å². The largest absolute Gasteiger partial charge is 0.479 e. The number of carboxylic acid groups (broad SMARTS) is 1. The monoisotopic (exact) mass is 1070 g/mol. The lowest BCUT2D eigenvalue weighted by molar-refractivity contribution is -0.301. The number of hydrogen-bond donors (Lipinski definition) is 3. The van der Waals surface area contributed by atoms with Gasteiger partial charge < -0.3 is 39.0 Å². The zero-order chi connectivity index (χ0) is 56.1. The number of esters is 3. The minimum atomic E-state index is -1.94. The van der Waals surface area contributed by atoms with Crippen LogP contribution in [0.5, 0.6) is 0 Å². The molecule has 12 heteroatoms. The second kappa shape index (κ2) is 51.9. The topological polar surface area (TPSA) is 175 Å². The number of aliphatic carboxylic acids is 1. The molecule has 0 saturated carbocycles. The molecule has 0 bridgehead atoms. The second-order valence-corrected chi connectivity index (χ2v) is 19.5. The molecule has 6 atom stereocenters. The average molecular weight is 1080 g/mol. The van der Waals surface area contributed by atoms with E-state index in [2.05, 4.69) is 118 Å². The standard InChI is InChI=1S/C65H102O12/c1-4-7-10-13-16-19-22-25-28-29-32-33-36-39-42-45-48-51-57(66)73-54-56(75-58(67)52-49-46-43-40-37-34-30-26-23-20-17-14-11-8-5-2)55-74-65-63(61(70)60(69)62(77-65)64(71)72)76-59(68)53-50-47-44-41-38-35-31-27-24-21-18-15-12-9-6-3/h7,9-10,12,16,18-19,21,25-28,30-33,38,41,47,50,56,60-63,65,69-70H,4-6,8,11,13-15,17,20,22-24,29,34-37,39-40,42-46,48-49,51-55H2,1-3H3,(H,71,72)/b10-7-,12-9-,19-16-,21-18-,28-25-,30-26-,31-27-,33-32-,41-38-,50-47-. The first kappa shape index (κ1) is 70.1. The molecule has 0 aromatic carbocycles. The summed E-state index contributed by atoms with van der Waals surface area (Å²) in [5.41, 5.74) is 0. The highest BCUT2D eigenvalue weighted by molar-refractivity contribution is 5.74. The van der Waals surface area contributed by atoms with E-state index in [0.29, 0.717) is 19.3 Å². The lowest BCUT2D eigenvalue weighted by Crippen LogP contribution is -2.61.